The molecule has 1 aliphatic rings. The Morgan fingerprint density at radius 1 is 1.15 bits per heavy atom. The fraction of sp³-hybridized carbons (Fsp3) is 0.167. The molecule has 4 aromatic rings. The number of nitrogens with zero attached hydrogens (tertiary/aromatic N) is 2. The van der Waals surface area contributed by atoms with Gasteiger partial charge in [0, 0.05) is 22.2 Å². The third-order valence-corrected chi connectivity index (χ3v) is 7.67. The number of hydrogen-bond donors (Lipinski definition) is 2. The van der Waals surface area contributed by atoms with E-state index >= 15 is 0 Å². The molecule has 5 rings (SSSR count). The van der Waals surface area contributed by atoms with E-state index in [2.05, 4.69) is 14.7 Å². The van der Waals surface area contributed by atoms with Crippen molar-refractivity contribution in [3.8, 4) is 11.1 Å². The van der Waals surface area contributed by atoms with Crippen molar-refractivity contribution in [1.82, 2.24) is 9.97 Å². The molecule has 1 atom stereocenters. The lowest BCUT2D eigenvalue weighted by atomic mass is 9.97. The van der Waals surface area contributed by atoms with Gasteiger partial charge < -0.3 is 5.11 Å². The maximum Gasteiger partial charge on any atom is 0.309 e. The van der Waals surface area contributed by atoms with Crippen LogP contribution >= 0.6 is 11.6 Å². The molecule has 1 heterocycles. The number of aromatic nitrogens is 2. The van der Waals surface area contributed by atoms with Crippen LogP contribution in [-0.4, -0.2) is 23.5 Å². The summed E-state index contributed by atoms with van der Waals surface area (Å²) in [5.74, 6) is -0.547. The van der Waals surface area contributed by atoms with Crippen molar-refractivity contribution in [3.63, 3.8) is 0 Å². The largest absolute Gasteiger partial charge is 0.388 e. The molecule has 3 aromatic carbocycles. The molecule has 10 heteroatoms. The summed E-state index contributed by atoms with van der Waals surface area (Å²) in [7, 11) is -4.09. The summed E-state index contributed by atoms with van der Waals surface area (Å²) < 4.78 is 57.4. The van der Waals surface area contributed by atoms with Gasteiger partial charge in [-0.1, -0.05) is 17.7 Å². The summed E-state index contributed by atoms with van der Waals surface area (Å²) in [5, 5.41) is 10.9. The number of sulfonamides is 1. The average Bonchev–Trinajstić information content (AvgIpc) is 3.15. The van der Waals surface area contributed by atoms with Gasteiger partial charge in [-0.05, 0) is 78.4 Å². The van der Waals surface area contributed by atoms with Crippen LogP contribution in [0, 0.1) is 18.8 Å². The number of rotatable bonds is 4. The summed E-state index contributed by atoms with van der Waals surface area (Å²) in [6, 6.07) is 10.2. The van der Waals surface area contributed by atoms with E-state index < -0.39 is 28.0 Å². The molecule has 1 aliphatic carbocycles. The van der Waals surface area contributed by atoms with Gasteiger partial charge in [0.1, 0.15) is 5.82 Å². The number of aliphatic hydroxyl groups is 1. The molecule has 34 heavy (non-hydrogen) atoms. The third-order valence-electron chi connectivity index (χ3n) is 6.02. The van der Waals surface area contributed by atoms with Gasteiger partial charge in [0.05, 0.1) is 22.2 Å². The lowest BCUT2D eigenvalue weighted by Gasteiger charge is -2.17. The minimum absolute atomic E-state index is 0.0123. The second-order valence-corrected chi connectivity index (χ2v) is 10.2. The van der Waals surface area contributed by atoms with Crippen molar-refractivity contribution in [1.29, 1.82) is 0 Å². The van der Waals surface area contributed by atoms with E-state index in [1.807, 2.05) is 0 Å². The number of aliphatic hydroxyl groups excluding tert-OH is 1. The van der Waals surface area contributed by atoms with Gasteiger partial charge in [-0.3, -0.25) is 4.72 Å². The Bertz CT molecular complexity index is 1580. The Hall–Kier alpha value is -3.14. The van der Waals surface area contributed by atoms with E-state index in [0.717, 1.165) is 0 Å². The molecule has 0 aliphatic heterocycles. The third kappa shape index (κ3) is 3.89. The van der Waals surface area contributed by atoms with E-state index in [-0.39, 0.29) is 21.2 Å². The topological polar surface area (TPSA) is 92.2 Å². The van der Waals surface area contributed by atoms with Crippen LogP contribution in [0.2, 0.25) is 5.02 Å². The van der Waals surface area contributed by atoms with Crippen molar-refractivity contribution < 1.29 is 22.3 Å². The smallest absolute Gasteiger partial charge is 0.309 e. The normalized spacial score (nSPS) is 15.5. The molecule has 0 radical (unpaired) electrons. The molecule has 0 unspecified atom stereocenters. The van der Waals surface area contributed by atoms with Gasteiger partial charge in [0.25, 0.3) is 10.0 Å². The maximum atomic E-state index is 14.9. The van der Waals surface area contributed by atoms with E-state index in [4.69, 9.17) is 11.6 Å². The number of fused-ring (bicyclic) bond motifs is 2. The zero-order chi connectivity index (χ0) is 24.2. The van der Waals surface area contributed by atoms with Gasteiger partial charge in [-0.25, -0.2) is 22.8 Å². The number of halogens is 3. The maximum absolute atomic E-state index is 14.9. The van der Waals surface area contributed by atoms with Crippen LogP contribution in [0.4, 0.5) is 14.5 Å². The summed E-state index contributed by atoms with van der Waals surface area (Å²) in [6.45, 7) is 1.60. The van der Waals surface area contributed by atoms with Crippen LogP contribution in [0.25, 0.3) is 22.0 Å². The van der Waals surface area contributed by atoms with Crippen molar-refractivity contribution in [2.45, 2.75) is 30.8 Å². The van der Waals surface area contributed by atoms with Crippen LogP contribution < -0.4 is 4.72 Å². The molecule has 1 aromatic heterocycles. The number of anilines is 1. The molecule has 0 saturated heterocycles. The van der Waals surface area contributed by atoms with E-state index in [0.29, 0.717) is 46.0 Å². The average molecular weight is 502 g/mol. The van der Waals surface area contributed by atoms with Gasteiger partial charge in [-0.15, -0.1) is 0 Å². The highest BCUT2D eigenvalue weighted by molar-refractivity contribution is 7.92. The minimum Gasteiger partial charge on any atom is -0.388 e. The second kappa shape index (κ2) is 8.26. The second-order valence-electron chi connectivity index (χ2n) is 8.14. The van der Waals surface area contributed by atoms with Gasteiger partial charge >= 0.3 is 6.08 Å². The van der Waals surface area contributed by atoms with Gasteiger partial charge in [0.2, 0.25) is 0 Å². The first-order valence-corrected chi connectivity index (χ1v) is 12.2. The quantitative estimate of drug-likeness (QED) is 0.369. The van der Waals surface area contributed by atoms with E-state index in [1.54, 1.807) is 31.2 Å². The summed E-state index contributed by atoms with van der Waals surface area (Å²) in [4.78, 5) is 7.23. The van der Waals surface area contributed by atoms with Crippen molar-refractivity contribution >= 4 is 38.2 Å². The van der Waals surface area contributed by atoms with Gasteiger partial charge in [0.15, 0.2) is 0 Å². The summed E-state index contributed by atoms with van der Waals surface area (Å²) in [5.41, 5.74) is 2.60. The van der Waals surface area contributed by atoms with Crippen LogP contribution in [-0.2, 0) is 16.4 Å². The van der Waals surface area contributed by atoms with E-state index in [9.17, 15) is 22.3 Å². The zero-order valence-electron chi connectivity index (χ0n) is 17.8. The first kappa shape index (κ1) is 22.6. The van der Waals surface area contributed by atoms with Crippen molar-refractivity contribution in [3.05, 3.63) is 82.3 Å². The molecule has 0 saturated carbocycles. The minimum atomic E-state index is -4.09. The molecule has 0 fully saturated rings. The molecule has 6 nitrogen and oxygen atoms in total. The van der Waals surface area contributed by atoms with E-state index in [1.165, 1.54) is 24.4 Å². The standard InChI is InChI=1S/C24H18ClF2N3O3S/c1-12-19(30-34(32,33)22-10-15(25)9-17-16(22)3-7-21(17)31)6-4-18(26)23(12)13-2-5-20-14(8-13)11-28-24(27)29-20/h2,4-6,8-11,21,30-31H,3,7H2,1H3/t21-/m1/s1. The molecule has 174 valence electrons. The van der Waals surface area contributed by atoms with Crippen molar-refractivity contribution in [2.24, 2.45) is 0 Å². The fourth-order valence-corrected chi connectivity index (χ4v) is 6.12. The molecule has 0 spiro atoms. The van der Waals surface area contributed by atoms with Crippen LogP contribution in [0.5, 0.6) is 0 Å². The number of benzene rings is 3. The first-order valence-electron chi connectivity index (χ1n) is 10.4. The molecule has 0 amide bonds. The first-order chi connectivity index (χ1) is 16.1. The lowest BCUT2D eigenvalue weighted by Crippen LogP contribution is -2.16. The summed E-state index contributed by atoms with van der Waals surface area (Å²) >= 11 is 6.13. The monoisotopic (exact) mass is 501 g/mol. The Morgan fingerprint density at radius 2 is 1.94 bits per heavy atom. The Balaban J connectivity index is 1.58. The Morgan fingerprint density at radius 3 is 2.74 bits per heavy atom. The highest BCUT2D eigenvalue weighted by atomic mass is 35.5. The fourth-order valence-electron chi connectivity index (χ4n) is 4.38. The predicted octanol–water partition coefficient (Wildman–Crippen LogP) is 5.32. The Kier molecular flexibility index (Phi) is 5.50. The predicted molar refractivity (Wildman–Crippen MR) is 125 cm³/mol. The van der Waals surface area contributed by atoms with Crippen molar-refractivity contribution in [2.75, 3.05) is 4.72 Å². The number of hydrogen-bond acceptors (Lipinski definition) is 5. The van der Waals surface area contributed by atoms with Crippen LogP contribution in [0.1, 0.15) is 29.2 Å². The SMILES string of the molecule is Cc1c(NS(=O)(=O)c2cc(Cl)cc3c2CC[C@H]3O)ccc(F)c1-c1ccc2nc(F)ncc2c1. The highest BCUT2D eigenvalue weighted by Crippen LogP contribution is 2.39. The Labute approximate surface area is 199 Å². The zero-order valence-corrected chi connectivity index (χ0v) is 19.4. The van der Waals surface area contributed by atoms with Gasteiger partial charge in [-0.2, -0.15) is 4.39 Å². The molecular formula is C24H18ClF2N3O3S. The molecule has 2 N–H and O–H groups in total. The molecular weight excluding hydrogens is 484 g/mol. The van der Waals surface area contributed by atoms with Crippen LogP contribution in [0.15, 0.2) is 53.6 Å². The number of nitrogens with one attached hydrogen (secondary N) is 1. The lowest BCUT2D eigenvalue weighted by molar-refractivity contribution is 0.180. The van der Waals surface area contributed by atoms with Crippen LogP contribution in [0.3, 0.4) is 0 Å². The summed E-state index contributed by atoms with van der Waals surface area (Å²) in [6.07, 6.45) is 0.478. The highest BCUT2D eigenvalue weighted by Gasteiger charge is 2.29. The molecule has 0 bridgehead atoms.